The Bertz CT molecular complexity index is 1440. The van der Waals surface area contributed by atoms with E-state index >= 15 is 0 Å². The smallest absolute Gasteiger partial charge is 0.338 e. The van der Waals surface area contributed by atoms with E-state index < -0.39 is 82.5 Å². The van der Waals surface area contributed by atoms with E-state index in [1.165, 1.54) is 26.0 Å². The van der Waals surface area contributed by atoms with E-state index in [4.69, 9.17) is 23.7 Å². The molecule has 11 nitrogen and oxygen atoms in total. The number of ether oxygens (including phenoxy) is 5. The molecule has 1 saturated heterocycles. The Hall–Kier alpha value is -3.80. The van der Waals surface area contributed by atoms with Gasteiger partial charge in [-0.25, -0.2) is 9.59 Å². The normalized spacial score (nSPS) is 36.8. The van der Waals surface area contributed by atoms with Crippen molar-refractivity contribution in [3.05, 3.63) is 71.8 Å². The molecule has 9 unspecified atom stereocenters. The molecule has 1 heterocycles. The summed E-state index contributed by atoms with van der Waals surface area (Å²) in [6.45, 7) is 8.75. The maximum Gasteiger partial charge on any atom is 0.338 e. The van der Waals surface area contributed by atoms with Crippen LogP contribution in [0, 0.1) is 11.3 Å². The van der Waals surface area contributed by atoms with Crippen LogP contribution in [0.1, 0.15) is 68.7 Å². The van der Waals surface area contributed by atoms with Crippen molar-refractivity contribution in [2.45, 2.75) is 95.3 Å². The standard InChI is InChI=1S/C33H38O11/c1-18(34)40-23-22-17-33(44-30(22,3)4)31(5,26(23)42-28(37)20-13-9-7-10-14-20)27(43-29(38)21-15-11-8-12-16-21)24(41-19(2)35)25(36)32(33,6)39/h7-16,22-27,36,39H,17H2,1-6H3. The Morgan fingerprint density at radius 3 is 1.61 bits per heavy atom. The zero-order valence-corrected chi connectivity index (χ0v) is 25.5. The van der Waals surface area contributed by atoms with Gasteiger partial charge in [0.05, 0.1) is 22.1 Å². The third-order valence-electron chi connectivity index (χ3n) is 9.68. The number of aliphatic hydroxyl groups excluding tert-OH is 1. The molecule has 2 bridgehead atoms. The molecule has 0 amide bonds. The van der Waals surface area contributed by atoms with Gasteiger partial charge in [0.1, 0.15) is 23.4 Å². The zero-order valence-electron chi connectivity index (χ0n) is 25.5. The van der Waals surface area contributed by atoms with E-state index in [0.717, 1.165) is 6.92 Å². The van der Waals surface area contributed by atoms with Crippen molar-refractivity contribution >= 4 is 23.9 Å². The third-order valence-corrected chi connectivity index (χ3v) is 9.68. The van der Waals surface area contributed by atoms with Crippen molar-refractivity contribution in [1.29, 1.82) is 0 Å². The molecule has 2 N–H and O–H groups in total. The van der Waals surface area contributed by atoms with E-state index in [-0.39, 0.29) is 17.5 Å². The molecule has 1 spiro atoms. The minimum absolute atomic E-state index is 0.0179. The van der Waals surface area contributed by atoms with Gasteiger partial charge in [0, 0.05) is 19.8 Å². The molecule has 9 atom stereocenters. The fourth-order valence-corrected chi connectivity index (χ4v) is 7.61. The Balaban J connectivity index is 1.76. The number of rotatable bonds is 6. The van der Waals surface area contributed by atoms with Gasteiger partial charge in [-0.1, -0.05) is 36.4 Å². The van der Waals surface area contributed by atoms with Crippen LogP contribution in [0.25, 0.3) is 0 Å². The highest BCUT2D eigenvalue weighted by Gasteiger charge is 2.84. The number of carbonyl (C=O) groups excluding carboxylic acids is 4. The first-order valence-electron chi connectivity index (χ1n) is 14.5. The van der Waals surface area contributed by atoms with Gasteiger partial charge in [0.25, 0.3) is 0 Å². The monoisotopic (exact) mass is 610 g/mol. The van der Waals surface area contributed by atoms with E-state index in [9.17, 15) is 29.4 Å². The van der Waals surface area contributed by atoms with Crippen LogP contribution >= 0.6 is 0 Å². The molecule has 0 aromatic heterocycles. The van der Waals surface area contributed by atoms with Crippen LogP contribution in [0.3, 0.4) is 0 Å². The van der Waals surface area contributed by atoms with E-state index in [1.54, 1.807) is 69.3 Å². The summed E-state index contributed by atoms with van der Waals surface area (Å²) < 4.78 is 30.5. The van der Waals surface area contributed by atoms with E-state index in [2.05, 4.69) is 0 Å². The van der Waals surface area contributed by atoms with Crippen molar-refractivity contribution < 1.29 is 53.1 Å². The van der Waals surface area contributed by atoms with Crippen molar-refractivity contribution in [2.75, 3.05) is 0 Å². The lowest BCUT2D eigenvalue weighted by molar-refractivity contribution is -0.355. The van der Waals surface area contributed by atoms with Gasteiger partial charge in [0.15, 0.2) is 18.3 Å². The molecule has 11 heteroatoms. The lowest BCUT2D eigenvalue weighted by Gasteiger charge is -2.65. The first-order valence-corrected chi connectivity index (χ1v) is 14.5. The highest BCUT2D eigenvalue weighted by atomic mass is 16.6. The largest absolute Gasteiger partial charge is 0.458 e. The van der Waals surface area contributed by atoms with Crippen LogP contribution in [0.5, 0.6) is 0 Å². The molecule has 236 valence electrons. The van der Waals surface area contributed by atoms with Crippen molar-refractivity contribution in [2.24, 2.45) is 11.3 Å². The van der Waals surface area contributed by atoms with Crippen LogP contribution in [-0.2, 0) is 33.3 Å². The zero-order chi connectivity index (χ0) is 32.2. The Kier molecular flexibility index (Phi) is 7.89. The Labute approximate surface area is 255 Å². The average Bonchev–Trinajstić information content (AvgIpc) is 3.25. The summed E-state index contributed by atoms with van der Waals surface area (Å²) >= 11 is 0. The first-order chi connectivity index (χ1) is 20.6. The summed E-state index contributed by atoms with van der Waals surface area (Å²) in [7, 11) is 0. The fourth-order valence-electron chi connectivity index (χ4n) is 7.61. The maximum atomic E-state index is 13.7. The molecule has 2 aliphatic carbocycles. The number of hydrogen-bond acceptors (Lipinski definition) is 11. The van der Waals surface area contributed by atoms with Gasteiger partial charge in [-0.2, -0.15) is 0 Å². The second-order valence-corrected chi connectivity index (χ2v) is 12.8. The summed E-state index contributed by atoms with van der Waals surface area (Å²) in [6, 6.07) is 16.2. The van der Waals surface area contributed by atoms with Gasteiger partial charge >= 0.3 is 23.9 Å². The number of fused-ring (bicyclic) bond motifs is 1. The summed E-state index contributed by atoms with van der Waals surface area (Å²) in [5, 5.41) is 24.0. The molecule has 0 radical (unpaired) electrons. The van der Waals surface area contributed by atoms with Gasteiger partial charge in [0.2, 0.25) is 0 Å². The van der Waals surface area contributed by atoms with Gasteiger partial charge < -0.3 is 33.9 Å². The maximum absolute atomic E-state index is 13.7. The lowest BCUT2D eigenvalue weighted by Crippen LogP contribution is -2.83. The molecule has 3 aliphatic rings. The van der Waals surface area contributed by atoms with Gasteiger partial charge in [-0.3, -0.25) is 9.59 Å². The summed E-state index contributed by atoms with van der Waals surface area (Å²) in [5.74, 6) is -3.71. The topological polar surface area (TPSA) is 155 Å². The van der Waals surface area contributed by atoms with Crippen LogP contribution in [0.2, 0.25) is 0 Å². The number of carbonyl (C=O) groups is 4. The molecule has 5 rings (SSSR count). The number of aliphatic hydroxyl groups is 2. The van der Waals surface area contributed by atoms with Crippen LogP contribution in [0.4, 0.5) is 0 Å². The summed E-state index contributed by atoms with van der Waals surface area (Å²) in [4.78, 5) is 52.3. The predicted molar refractivity (Wildman–Crippen MR) is 153 cm³/mol. The Morgan fingerprint density at radius 2 is 1.16 bits per heavy atom. The molecule has 44 heavy (non-hydrogen) atoms. The highest BCUT2D eigenvalue weighted by Crippen LogP contribution is 2.68. The molecular formula is C33H38O11. The van der Waals surface area contributed by atoms with Crippen LogP contribution < -0.4 is 0 Å². The van der Waals surface area contributed by atoms with E-state index in [1.807, 2.05) is 0 Å². The fraction of sp³-hybridized carbons (Fsp3) is 0.515. The first kappa shape index (κ1) is 31.6. The van der Waals surface area contributed by atoms with Gasteiger partial charge in [-0.15, -0.1) is 0 Å². The molecule has 2 aromatic carbocycles. The van der Waals surface area contributed by atoms with Crippen LogP contribution in [0.15, 0.2) is 60.7 Å². The van der Waals surface area contributed by atoms with Crippen molar-refractivity contribution in [1.82, 2.24) is 0 Å². The van der Waals surface area contributed by atoms with E-state index in [0.29, 0.717) is 0 Å². The lowest BCUT2D eigenvalue weighted by atomic mass is 9.46. The second-order valence-electron chi connectivity index (χ2n) is 12.8. The molecule has 1 aliphatic heterocycles. The molecule has 3 fully saturated rings. The second kappa shape index (κ2) is 11.0. The summed E-state index contributed by atoms with van der Waals surface area (Å²) in [5.41, 5.74) is -6.42. The van der Waals surface area contributed by atoms with Crippen LogP contribution in [-0.4, -0.2) is 81.4 Å². The third kappa shape index (κ3) is 4.78. The summed E-state index contributed by atoms with van der Waals surface area (Å²) in [6.07, 6.45) is -7.54. The Morgan fingerprint density at radius 1 is 0.727 bits per heavy atom. The van der Waals surface area contributed by atoms with Crippen molar-refractivity contribution in [3.63, 3.8) is 0 Å². The predicted octanol–water partition coefficient (Wildman–Crippen LogP) is 3.00. The minimum atomic E-state index is -2.15. The molecule has 2 saturated carbocycles. The van der Waals surface area contributed by atoms with Gasteiger partial charge in [-0.05, 0) is 58.4 Å². The molecular weight excluding hydrogens is 572 g/mol. The van der Waals surface area contributed by atoms with Crippen molar-refractivity contribution in [3.8, 4) is 0 Å². The quantitative estimate of drug-likeness (QED) is 0.366. The highest BCUT2D eigenvalue weighted by molar-refractivity contribution is 5.90. The average molecular weight is 611 g/mol. The number of esters is 4. The minimum Gasteiger partial charge on any atom is -0.458 e. The number of hydrogen-bond donors (Lipinski definition) is 2. The number of benzene rings is 2. The SMILES string of the molecule is CC(=O)OC1C2CC3(OC2(C)C)C(C)(O)C(O)C(OC(C)=O)C(OC(=O)c2ccccc2)C3(C)C1OC(=O)c1ccccc1. The molecule has 2 aromatic rings.